The van der Waals surface area contributed by atoms with Crippen molar-refractivity contribution < 1.29 is 14.4 Å². The highest BCUT2D eigenvalue weighted by atomic mass is 16.2. The molecular formula is C18H26N6O3. The van der Waals surface area contributed by atoms with Gasteiger partial charge < -0.3 is 21.3 Å². The summed E-state index contributed by atoms with van der Waals surface area (Å²) in [6.45, 7) is 1.21. The maximum Gasteiger partial charge on any atom is 0.317 e. The molecule has 0 spiro atoms. The topological polar surface area (TPSA) is 130 Å². The van der Waals surface area contributed by atoms with Gasteiger partial charge in [0.25, 0.3) is 11.8 Å². The standard InChI is InChI=1S/C18H26N6O3/c19-16(25)14-10-21-15(11-20-14)17(26)22-13-6-8-24(9-7-13)18(27)23-12-4-2-1-3-5-12/h10-13H,1-9H2,(H2,19,25)(H,22,26)(H,23,27). The Balaban J connectivity index is 1.43. The molecule has 0 aromatic carbocycles. The van der Waals surface area contributed by atoms with Crippen LogP contribution >= 0.6 is 0 Å². The van der Waals surface area contributed by atoms with E-state index in [0.29, 0.717) is 32.0 Å². The number of carbonyl (C=O) groups is 3. The fourth-order valence-corrected chi connectivity index (χ4v) is 3.57. The summed E-state index contributed by atoms with van der Waals surface area (Å²) in [7, 11) is 0. The fraction of sp³-hybridized carbons (Fsp3) is 0.611. The maximum atomic E-state index is 12.4. The van der Waals surface area contributed by atoms with Gasteiger partial charge in [-0.15, -0.1) is 0 Å². The van der Waals surface area contributed by atoms with Gasteiger partial charge in [-0.2, -0.15) is 0 Å². The predicted molar refractivity (Wildman–Crippen MR) is 98.0 cm³/mol. The first-order valence-electron chi connectivity index (χ1n) is 9.51. The molecule has 2 heterocycles. The Bertz CT molecular complexity index is 679. The van der Waals surface area contributed by atoms with Crippen molar-refractivity contribution in [2.24, 2.45) is 5.73 Å². The molecule has 0 unspecified atom stereocenters. The van der Waals surface area contributed by atoms with Crippen LogP contribution in [-0.4, -0.2) is 57.9 Å². The van der Waals surface area contributed by atoms with Crippen LogP contribution in [0.1, 0.15) is 65.9 Å². The van der Waals surface area contributed by atoms with Gasteiger partial charge in [-0.25, -0.2) is 14.8 Å². The SMILES string of the molecule is NC(=O)c1cnc(C(=O)NC2CCN(C(=O)NC3CCCCC3)CC2)cn1. The minimum absolute atomic E-state index is 0.000385. The molecule has 9 nitrogen and oxygen atoms in total. The van der Waals surface area contributed by atoms with Crippen molar-refractivity contribution >= 4 is 17.8 Å². The Morgan fingerprint density at radius 3 is 2.07 bits per heavy atom. The summed E-state index contributed by atoms with van der Waals surface area (Å²) in [5.41, 5.74) is 5.26. The Labute approximate surface area is 158 Å². The normalized spacial score (nSPS) is 18.7. The molecule has 4 amide bonds. The van der Waals surface area contributed by atoms with Crippen molar-refractivity contribution in [3.63, 3.8) is 0 Å². The minimum atomic E-state index is -0.687. The summed E-state index contributed by atoms with van der Waals surface area (Å²) in [5.74, 6) is -1.03. The van der Waals surface area contributed by atoms with Crippen molar-refractivity contribution in [3.05, 3.63) is 23.8 Å². The lowest BCUT2D eigenvalue weighted by Gasteiger charge is -2.34. The largest absolute Gasteiger partial charge is 0.364 e. The number of hydrogen-bond acceptors (Lipinski definition) is 5. The number of carbonyl (C=O) groups excluding carboxylic acids is 3. The van der Waals surface area contributed by atoms with E-state index >= 15 is 0 Å². The van der Waals surface area contributed by atoms with E-state index in [1.54, 1.807) is 0 Å². The smallest absolute Gasteiger partial charge is 0.317 e. The summed E-state index contributed by atoms with van der Waals surface area (Å²) in [5, 5.41) is 6.04. The van der Waals surface area contributed by atoms with Crippen LogP contribution in [-0.2, 0) is 0 Å². The van der Waals surface area contributed by atoms with E-state index in [-0.39, 0.29) is 29.4 Å². The second-order valence-electron chi connectivity index (χ2n) is 7.17. The maximum absolute atomic E-state index is 12.4. The Morgan fingerprint density at radius 1 is 0.889 bits per heavy atom. The molecule has 2 aliphatic rings. The average molecular weight is 374 g/mol. The van der Waals surface area contributed by atoms with Crippen LogP contribution in [0.25, 0.3) is 0 Å². The van der Waals surface area contributed by atoms with Gasteiger partial charge in [0, 0.05) is 25.2 Å². The number of nitrogens with zero attached hydrogens (tertiary/aromatic N) is 3. The van der Waals surface area contributed by atoms with Crippen LogP contribution in [0.3, 0.4) is 0 Å². The summed E-state index contributed by atoms with van der Waals surface area (Å²) in [6.07, 6.45) is 9.56. The summed E-state index contributed by atoms with van der Waals surface area (Å²) >= 11 is 0. The van der Waals surface area contributed by atoms with E-state index < -0.39 is 5.91 Å². The van der Waals surface area contributed by atoms with Gasteiger partial charge in [0.05, 0.1) is 12.4 Å². The average Bonchev–Trinajstić information content (AvgIpc) is 2.69. The molecule has 9 heteroatoms. The molecule has 3 rings (SSSR count). The van der Waals surface area contributed by atoms with Crippen LogP contribution in [0.4, 0.5) is 4.79 Å². The van der Waals surface area contributed by atoms with E-state index in [4.69, 9.17) is 5.73 Å². The van der Waals surface area contributed by atoms with E-state index in [9.17, 15) is 14.4 Å². The van der Waals surface area contributed by atoms with Crippen molar-refractivity contribution in [3.8, 4) is 0 Å². The monoisotopic (exact) mass is 374 g/mol. The van der Waals surface area contributed by atoms with Crippen LogP contribution in [0.5, 0.6) is 0 Å². The number of primary amides is 1. The van der Waals surface area contributed by atoms with Gasteiger partial charge in [-0.1, -0.05) is 19.3 Å². The van der Waals surface area contributed by atoms with Gasteiger partial charge in [0.2, 0.25) is 0 Å². The van der Waals surface area contributed by atoms with Crippen LogP contribution < -0.4 is 16.4 Å². The number of hydrogen-bond donors (Lipinski definition) is 3. The number of piperidine rings is 1. The molecule has 146 valence electrons. The highest BCUT2D eigenvalue weighted by molar-refractivity contribution is 5.93. The van der Waals surface area contributed by atoms with Crippen molar-refractivity contribution in [1.29, 1.82) is 0 Å². The van der Waals surface area contributed by atoms with Gasteiger partial charge >= 0.3 is 6.03 Å². The molecular weight excluding hydrogens is 348 g/mol. The highest BCUT2D eigenvalue weighted by Gasteiger charge is 2.26. The zero-order valence-corrected chi connectivity index (χ0v) is 15.3. The van der Waals surface area contributed by atoms with E-state index in [1.807, 2.05) is 4.90 Å². The highest BCUT2D eigenvalue weighted by Crippen LogP contribution is 2.18. The fourth-order valence-electron chi connectivity index (χ4n) is 3.57. The molecule has 2 fully saturated rings. The Morgan fingerprint density at radius 2 is 1.48 bits per heavy atom. The van der Waals surface area contributed by atoms with Gasteiger partial charge in [-0.05, 0) is 25.7 Å². The van der Waals surface area contributed by atoms with Gasteiger partial charge in [0.15, 0.2) is 0 Å². The van der Waals surface area contributed by atoms with E-state index in [1.165, 1.54) is 31.7 Å². The molecule has 0 radical (unpaired) electrons. The lowest BCUT2D eigenvalue weighted by Crippen LogP contribution is -2.51. The van der Waals surface area contributed by atoms with Crippen LogP contribution in [0, 0.1) is 0 Å². The molecule has 1 aromatic heterocycles. The number of amides is 4. The first-order valence-corrected chi connectivity index (χ1v) is 9.51. The molecule has 1 saturated heterocycles. The first-order chi connectivity index (χ1) is 13.0. The molecule has 1 aliphatic carbocycles. The van der Waals surface area contributed by atoms with Crippen molar-refractivity contribution in [2.75, 3.05) is 13.1 Å². The molecule has 1 aromatic rings. The van der Waals surface area contributed by atoms with Gasteiger partial charge in [0.1, 0.15) is 11.4 Å². The molecule has 0 bridgehead atoms. The first kappa shape index (κ1) is 19.1. The van der Waals surface area contributed by atoms with Gasteiger partial charge in [-0.3, -0.25) is 9.59 Å². The predicted octanol–water partition coefficient (Wildman–Crippen LogP) is 0.812. The third-order valence-corrected chi connectivity index (χ3v) is 5.19. The van der Waals surface area contributed by atoms with Crippen LogP contribution in [0.15, 0.2) is 12.4 Å². The number of nitrogens with one attached hydrogen (secondary N) is 2. The molecule has 1 aliphatic heterocycles. The Kier molecular flexibility index (Phi) is 6.20. The number of likely N-dealkylation sites (tertiary alicyclic amines) is 1. The zero-order valence-electron chi connectivity index (χ0n) is 15.3. The zero-order chi connectivity index (χ0) is 19.2. The lowest BCUT2D eigenvalue weighted by molar-refractivity contribution is 0.0909. The van der Waals surface area contributed by atoms with E-state index in [2.05, 4.69) is 20.6 Å². The van der Waals surface area contributed by atoms with Crippen molar-refractivity contribution in [1.82, 2.24) is 25.5 Å². The molecule has 1 saturated carbocycles. The molecule has 4 N–H and O–H groups in total. The number of urea groups is 1. The van der Waals surface area contributed by atoms with Crippen LogP contribution in [0.2, 0.25) is 0 Å². The summed E-state index contributed by atoms with van der Waals surface area (Å²) in [4.78, 5) is 45.2. The third-order valence-electron chi connectivity index (χ3n) is 5.19. The van der Waals surface area contributed by atoms with Crippen molar-refractivity contribution in [2.45, 2.75) is 57.0 Å². The molecule has 0 atom stereocenters. The Hall–Kier alpha value is -2.71. The number of nitrogens with two attached hydrogens (primary N) is 1. The van der Waals surface area contributed by atoms with E-state index in [0.717, 1.165) is 12.8 Å². The summed E-state index contributed by atoms with van der Waals surface area (Å²) in [6, 6.07) is 0.277. The third kappa shape index (κ3) is 5.15. The number of aromatic nitrogens is 2. The number of rotatable bonds is 4. The minimum Gasteiger partial charge on any atom is -0.364 e. The molecule has 27 heavy (non-hydrogen) atoms. The lowest BCUT2D eigenvalue weighted by atomic mass is 9.95. The second-order valence-corrected chi connectivity index (χ2v) is 7.17. The second kappa shape index (κ2) is 8.79. The quantitative estimate of drug-likeness (QED) is 0.718. The summed E-state index contributed by atoms with van der Waals surface area (Å²) < 4.78 is 0.